The minimum absolute atomic E-state index is 0.0595. The fourth-order valence-electron chi connectivity index (χ4n) is 1.63. The van der Waals surface area contributed by atoms with Crippen molar-refractivity contribution in [2.45, 2.75) is 25.4 Å². The lowest BCUT2D eigenvalue weighted by Crippen LogP contribution is -2.11. The molecular formula is C13H14F5NO2. The molecule has 0 aliphatic carbocycles. The highest BCUT2D eigenvalue weighted by atomic mass is 19.4. The number of methoxy groups -OCH3 is 1. The number of alkyl halides is 3. The van der Waals surface area contributed by atoms with E-state index in [0.717, 1.165) is 19.2 Å². The van der Waals surface area contributed by atoms with Crippen molar-refractivity contribution in [3.05, 3.63) is 29.3 Å². The number of unbranched alkanes of at least 4 members (excludes halogenated alkanes) is 1. The average molecular weight is 311 g/mol. The van der Waals surface area contributed by atoms with E-state index in [9.17, 15) is 26.7 Å². The van der Waals surface area contributed by atoms with Crippen LogP contribution in [0.25, 0.3) is 0 Å². The number of ether oxygens (including phenoxy) is 1. The van der Waals surface area contributed by atoms with E-state index in [-0.39, 0.29) is 25.1 Å². The van der Waals surface area contributed by atoms with Gasteiger partial charge in [-0.3, -0.25) is 0 Å². The van der Waals surface area contributed by atoms with Gasteiger partial charge < -0.3 is 10.1 Å². The smallest absolute Gasteiger partial charge is 0.389 e. The molecule has 0 spiro atoms. The van der Waals surface area contributed by atoms with Crippen molar-refractivity contribution in [3.63, 3.8) is 0 Å². The van der Waals surface area contributed by atoms with Gasteiger partial charge in [0.1, 0.15) is 0 Å². The van der Waals surface area contributed by atoms with Gasteiger partial charge in [0.25, 0.3) is 0 Å². The van der Waals surface area contributed by atoms with Gasteiger partial charge in [-0.1, -0.05) is 0 Å². The predicted octanol–water partition coefficient (Wildman–Crippen LogP) is 3.90. The second-order valence-corrected chi connectivity index (χ2v) is 4.28. The van der Waals surface area contributed by atoms with Crippen LogP contribution in [-0.4, -0.2) is 25.8 Å². The maximum Gasteiger partial charge on any atom is 0.389 e. The lowest BCUT2D eigenvalue weighted by Gasteiger charge is -2.10. The van der Waals surface area contributed by atoms with Crippen LogP contribution < -0.4 is 5.32 Å². The van der Waals surface area contributed by atoms with Gasteiger partial charge in [0, 0.05) is 13.0 Å². The molecule has 0 saturated carbocycles. The molecular weight excluding hydrogens is 297 g/mol. The fourth-order valence-corrected chi connectivity index (χ4v) is 1.63. The van der Waals surface area contributed by atoms with Crippen LogP contribution in [0, 0.1) is 11.6 Å². The van der Waals surface area contributed by atoms with Crippen molar-refractivity contribution in [2.24, 2.45) is 0 Å². The zero-order valence-corrected chi connectivity index (χ0v) is 11.2. The highest BCUT2D eigenvalue weighted by molar-refractivity contribution is 5.90. The van der Waals surface area contributed by atoms with Crippen LogP contribution in [-0.2, 0) is 4.74 Å². The van der Waals surface area contributed by atoms with Crippen molar-refractivity contribution in [1.29, 1.82) is 0 Å². The topological polar surface area (TPSA) is 38.3 Å². The number of halogens is 5. The third kappa shape index (κ3) is 5.20. The third-order valence-electron chi connectivity index (χ3n) is 2.69. The number of nitrogens with one attached hydrogen (secondary N) is 1. The zero-order chi connectivity index (χ0) is 16.0. The van der Waals surface area contributed by atoms with Crippen molar-refractivity contribution in [2.75, 3.05) is 19.0 Å². The molecule has 0 radical (unpaired) electrons. The van der Waals surface area contributed by atoms with Crippen LogP contribution >= 0.6 is 0 Å². The summed E-state index contributed by atoms with van der Waals surface area (Å²) in [7, 11) is 1.03. The van der Waals surface area contributed by atoms with Crippen LogP contribution in [0.1, 0.15) is 29.6 Å². The van der Waals surface area contributed by atoms with Gasteiger partial charge in [0.15, 0.2) is 11.6 Å². The summed E-state index contributed by atoms with van der Waals surface area (Å²) >= 11 is 0. The fraction of sp³-hybridized carbons (Fsp3) is 0.462. The minimum Gasteiger partial charge on any atom is -0.465 e. The molecule has 0 atom stereocenters. The molecule has 1 aromatic rings. The Labute approximate surface area is 118 Å². The Bertz CT molecular complexity index is 502. The van der Waals surface area contributed by atoms with E-state index >= 15 is 0 Å². The lowest BCUT2D eigenvalue weighted by atomic mass is 10.1. The van der Waals surface area contributed by atoms with Gasteiger partial charge >= 0.3 is 12.1 Å². The van der Waals surface area contributed by atoms with Crippen LogP contribution in [0.4, 0.5) is 27.6 Å². The molecule has 0 unspecified atom stereocenters. The summed E-state index contributed by atoms with van der Waals surface area (Å²) in [5.41, 5.74) is -0.759. The van der Waals surface area contributed by atoms with Gasteiger partial charge in [-0.15, -0.1) is 0 Å². The average Bonchev–Trinajstić information content (AvgIpc) is 2.41. The summed E-state index contributed by atoms with van der Waals surface area (Å²) in [4.78, 5) is 11.1. The van der Waals surface area contributed by atoms with E-state index < -0.39 is 35.8 Å². The standard InChI is InChI=1S/C13H14F5NO2/c1-21-12(20)8-4-5-9(11(15)10(8)14)19-7-3-2-6-13(16,17)18/h4-5,19H,2-3,6-7H2,1H3. The minimum atomic E-state index is -4.22. The predicted molar refractivity (Wildman–Crippen MR) is 66.1 cm³/mol. The van der Waals surface area contributed by atoms with E-state index in [1.807, 2.05) is 0 Å². The second-order valence-electron chi connectivity index (χ2n) is 4.28. The number of anilines is 1. The van der Waals surface area contributed by atoms with E-state index in [1.54, 1.807) is 0 Å². The highest BCUT2D eigenvalue weighted by Gasteiger charge is 2.25. The van der Waals surface area contributed by atoms with Crippen LogP contribution in [0.2, 0.25) is 0 Å². The first kappa shape index (κ1) is 17.2. The first-order valence-electron chi connectivity index (χ1n) is 6.13. The summed E-state index contributed by atoms with van der Waals surface area (Å²) in [6.07, 6.45) is -5.10. The Morgan fingerprint density at radius 2 is 1.86 bits per heavy atom. The number of carbonyl (C=O) groups excluding carboxylic acids is 1. The third-order valence-corrected chi connectivity index (χ3v) is 2.69. The first-order chi connectivity index (χ1) is 9.76. The van der Waals surface area contributed by atoms with Gasteiger partial charge in [0.2, 0.25) is 0 Å². The number of rotatable bonds is 6. The van der Waals surface area contributed by atoms with Crippen molar-refractivity contribution in [1.82, 2.24) is 0 Å². The van der Waals surface area contributed by atoms with Gasteiger partial charge in [0.05, 0.1) is 18.4 Å². The summed E-state index contributed by atoms with van der Waals surface area (Å²) in [5, 5.41) is 2.49. The van der Waals surface area contributed by atoms with Crippen LogP contribution in [0.5, 0.6) is 0 Å². The van der Waals surface area contributed by atoms with E-state index in [0.29, 0.717) is 0 Å². The van der Waals surface area contributed by atoms with Crippen molar-refractivity contribution >= 4 is 11.7 Å². The van der Waals surface area contributed by atoms with E-state index in [2.05, 4.69) is 10.1 Å². The molecule has 0 heterocycles. The monoisotopic (exact) mass is 311 g/mol. The van der Waals surface area contributed by atoms with Crippen LogP contribution in [0.3, 0.4) is 0 Å². The molecule has 0 saturated heterocycles. The quantitative estimate of drug-likeness (QED) is 0.492. The number of benzene rings is 1. The van der Waals surface area contributed by atoms with Gasteiger partial charge in [-0.25, -0.2) is 13.6 Å². The Kier molecular flexibility index (Phi) is 5.92. The van der Waals surface area contributed by atoms with Crippen LogP contribution in [0.15, 0.2) is 12.1 Å². The molecule has 0 bridgehead atoms. The molecule has 1 rings (SSSR count). The molecule has 0 aliphatic rings. The SMILES string of the molecule is COC(=O)c1ccc(NCCCCC(F)(F)F)c(F)c1F. The zero-order valence-electron chi connectivity index (χ0n) is 11.2. The molecule has 1 N–H and O–H groups in total. The maximum atomic E-state index is 13.6. The Balaban J connectivity index is 2.57. The van der Waals surface area contributed by atoms with Crippen molar-refractivity contribution < 1.29 is 31.5 Å². The number of hydrogen-bond donors (Lipinski definition) is 1. The van der Waals surface area contributed by atoms with E-state index in [1.165, 1.54) is 0 Å². The summed E-state index contributed by atoms with van der Waals surface area (Å²) in [6.45, 7) is 0.0595. The molecule has 21 heavy (non-hydrogen) atoms. The molecule has 3 nitrogen and oxygen atoms in total. The molecule has 0 aliphatic heterocycles. The van der Waals surface area contributed by atoms with Crippen molar-refractivity contribution in [3.8, 4) is 0 Å². The highest BCUT2D eigenvalue weighted by Crippen LogP contribution is 2.23. The Morgan fingerprint density at radius 3 is 2.43 bits per heavy atom. The molecule has 8 heteroatoms. The van der Waals surface area contributed by atoms with Gasteiger partial charge in [-0.05, 0) is 25.0 Å². The Hall–Kier alpha value is -1.86. The van der Waals surface area contributed by atoms with Gasteiger partial charge in [-0.2, -0.15) is 13.2 Å². The second kappa shape index (κ2) is 7.24. The summed E-state index contributed by atoms with van der Waals surface area (Å²) in [6, 6.07) is 2.18. The number of esters is 1. The normalized spacial score (nSPS) is 11.3. The molecule has 1 aromatic carbocycles. The molecule has 118 valence electrons. The number of hydrogen-bond acceptors (Lipinski definition) is 3. The Morgan fingerprint density at radius 1 is 1.19 bits per heavy atom. The summed E-state index contributed by atoms with van der Waals surface area (Å²) in [5.74, 6) is -3.64. The lowest BCUT2D eigenvalue weighted by molar-refractivity contribution is -0.135. The largest absolute Gasteiger partial charge is 0.465 e. The molecule has 0 aromatic heterocycles. The molecule has 0 amide bonds. The molecule has 0 fully saturated rings. The number of carbonyl (C=O) groups is 1. The first-order valence-corrected chi connectivity index (χ1v) is 6.13. The maximum absolute atomic E-state index is 13.6. The summed E-state index contributed by atoms with van der Waals surface area (Å²) < 4.78 is 67.2. The van der Waals surface area contributed by atoms with E-state index in [4.69, 9.17) is 0 Å².